The van der Waals surface area contributed by atoms with E-state index in [0.29, 0.717) is 18.1 Å². The Morgan fingerprint density at radius 2 is 2.05 bits per heavy atom. The third-order valence-corrected chi connectivity index (χ3v) is 2.71. The molecule has 0 aliphatic heterocycles. The van der Waals surface area contributed by atoms with Crippen molar-refractivity contribution >= 4 is 23.5 Å². The summed E-state index contributed by atoms with van der Waals surface area (Å²) >= 11 is 0. The first kappa shape index (κ1) is 17.7. The topological polar surface area (TPSA) is 97.5 Å². The second kappa shape index (κ2) is 7.63. The number of nitrogens with zero attached hydrogens (tertiary/aromatic N) is 2. The fourth-order valence-electron chi connectivity index (χ4n) is 1.78. The number of amides is 2. The summed E-state index contributed by atoms with van der Waals surface area (Å²) in [5.74, 6) is 0.295. The third kappa shape index (κ3) is 5.99. The third-order valence-electron chi connectivity index (χ3n) is 2.71. The molecule has 1 aromatic heterocycles. The van der Waals surface area contributed by atoms with E-state index in [1.807, 2.05) is 6.92 Å². The lowest BCUT2D eigenvalue weighted by atomic mass is 10.2. The second-order valence-corrected chi connectivity index (χ2v) is 5.76. The van der Waals surface area contributed by atoms with Gasteiger partial charge in [0.05, 0.1) is 11.9 Å². The standard InChI is InChI=1S/C15H24N4O3/c1-5-19(11-6-7-12(16)18-10-11)13(20)8-9-17-14(21)22-15(2,3)4/h6-7,10H,5,8-9H2,1-4H3,(H2,16,18)(H,17,21). The van der Waals surface area contributed by atoms with Crippen LogP contribution in [0.25, 0.3) is 0 Å². The second-order valence-electron chi connectivity index (χ2n) is 5.76. The Morgan fingerprint density at radius 3 is 2.55 bits per heavy atom. The molecule has 0 saturated heterocycles. The maximum atomic E-state index is 12.2. The quantitative estimate of drug-likeness (QED) is 0.866. The van der Waals surface area contributed by atoms with Gasteiger partial charge in [-0.15, -0.1) is 0 Å². The van der Waals surface area contributed by atoms with Crippen LogP contribution in [-0.2, 0) is 9.53 Å². The summed E-state index contributed by atoms with van der Waals surface area (Å²) in [6.45, 7) is 7.94. The van der Waals surface area contributed by atoms with Gasteiger partial charge in [0.2, 0.25) is 5.91 Å². The van der Waals surface area contributed by atoms with Crippen molar-refractivity contribution in [3.63, 3.8) is 0 Å². The summed E-state index contributed by atoms with van der Waals surface area (Å²) in [7, 11) is 0. The first-order chi connectivity index (χ1) is 10.2. The molecule has 0 atom stereocenters. The molecule has 0 aliphatic carbocycles. The molecule has 1 rings (SSSR count). The molecule has 1 aromatic rings. The Kier molecular flexibility index (Phi) is 6.15. The van der Waals surface area contributed by atoms with E-state index in [9.17, 15) is 9.59 Å². The van der Waals surface area contributed by atoms with E-state index in [1.165, 1.54) is 0 Å². The molecule has 1 heterocycles. The number of aromatic nitrogens is 1. The van der Waals surface area contributed by atoms with E-state index in [0.717, 1.165) is 0 Å². The zero-order chi connectivity index (χ0) is 16.8. The lowest BCUT2D eigenvalue weighted by molar-refractivity contribution is -0.118. The van der Waals surface area contributed by atoms with Gasteiger partial charge in [-0.05, 0) is 39.8 Å². The molecule has 0 spiro atoms. The van der Waals surface area contributed by atoms with Gasteiger partial charge in [0, 0.05) is 19.5 Å². The molecule has 0 bridgehead atoms. The molecule has 22 heavy (non-hydrogen) atoms. The fraction of sp³-hybridized carbons (Fsp3) is 0.533. The lowest BCUT2D eigenvalue weighted by Gasteiger charge is -2.22. The number of carbonyl (C=O) groups is 2. The number of anilines is 2. The van der Waals surface area contributed by atoms with Crippen LogP contribution in [0.4, 0.5) is 16.3 Å². The Morgan fingerprint density at radius 1 is 1.36 bits per heavy atom. The van der Waals surface area contributed by atoms with Crippen molar-refractivity contribution in [2.24, 2.45) is 0 Å². The molecular weight excluding hydrogens is 284 g/mol. The number of nitrogens with two attached hydrogens (primary N) is 1. The molecule has 0 fully saturated rings. The van der Waals surface area contributed by atoms with Crippen molar-refractivity contribution < 1.29 is 14.3 Å². The minimum absolute atomic E-state index is 0.106. The Labute approximate surface area is 130 Å². The van der Waals surface area contributed by atoms with Crippen molar-refractivity contribution in [1.82, 2.24) is 10.3 Å². The Balaban J connectivity index is 2.49. The zero-order valence-corrected chi connectivity index (χ0v) is 13.5. The Bertz CT molecular complexity index is 509. The largest absolute Gasteiger partial charge is 0.444 e. The van der Waals surface area contributed by atoms with Crippen LogP contribution in [0.3, 0.4) is 0 Å². The smallest absolute Gasteiger partial charge is 0.407 e. The molecule has 0 saturated carbocycles. The van der Waals surface area contributed by atoms with E-state index in [4.69, 9.17) is 10.5 Å². The highest BCUT2D eigenvalue weighted by Crippen LogP contribution is 2.14. The normalized spacial score (nSPS) is 10.9. The van der Waals surface area contributed by atoms with Crippen LogP contribution in [0, 0.1) is 0 Å². The number of hydrogen-bond acceptors (Lipinski definition) is 5. The lowest BCUT2D eigenvalue weighted by Crippen LogP contribution is -2.36. The fourth-order valence-corrected chi connectivity index (χ4v) is 1.78. The summed E-state index contributed by atoms with van der Waals surface area (Å²) in [6, 6.07) is 3.38. The van der Waals surface area contributed by atoms with Crippen molar-refractivity contribution in [2.45, 2.75) is 39.7 Å². The number of hydrogen-bond donors (Lipinski definition) is 2. The predicted molar refractivity (Wildman–Crippen MR) is 85.5 cm³/mol. The van der Waals surface area contributed by atoms with E-state index < -0.39 is 11.7 Å². The maximum Gasteiger partial charge on any atom is 0.407 e. The average molecular weight is 308 g/mol. The minimum Gasteiger partial charge on any atom is -0.444 e. The minimum atomic E-state index is -0.556. The molecule has 2 amide bonds. The number of carbonyl (C=O) groups excluding carboxylic acids is 2. The SMILES string of the molecule is CCN(C(=O)CCNC(=O)OC(C)(C)C)c1ccc(N)nc1. The maximum absolute atomic E-state index is 12.2. The molecule has 7 nitrogen and oxygen atoms in total. The van der Waals surface area contributed by atoms with Crippen molar-refractivity contribution in [3.05, 3.63) is 18.3 Å². The molecule has 0 aromatic carbocycles. The van der Waals surface area contributed by atoms with Crippen molar-refractivity contribution in [1.29, 1.82) is 0 Å². The van der Waals surface area contributed by atoms with Gasteiger partial charge in [0.1, 0.15) is 11.4 Å². The number of rotatable bonds is 5. The molecule has 122 valence electrons. The van der Waals surface area contributed by atoms with Gasteiger partial charge >= 0.3 is 6.09 Å². The van der Waals surface area contributed by atoms with Gasteiger partial charge in [-0.2, -0.15) is 0 Å². The summed E-state index contributed by atoms with van der Waals surface area (Å²) in [5, 5.41) is 2.57. The molecule has 0 aliphatic rings. The van der Waals surface area contributed by atoms with Crippen molar-refractivity contribution in [2.75, 3.05) is 23.7 Å². The van der Waals surface area contributed by atoms with E-state index >= 15 is 0 Å². The predicted octanol–water partition coefficient (Wildman–Crippen LogP) is 1.93. The summed E-state index contributed by atoms with van der Waals surface area (Å²) in [5.41, 5.74) is 5.66. The van der Waals surface area contributed by atoms with Crippen LogP contribution >= 0.6 is 0 Å². The van der Waals surface area contributed by atoms with E-state index in [-0.39, 0.29) is 18.9 Å². The van der Waals surface area contributed by atoms with Gasteiger partial charge in [0.15, 0.2) is 0 Å². The molecule has 0 radical (unpaired) electrons. The van der Waals surface area contributed by atoms with Gasteiger partial charge in [-0.1, -0.05) is 0 Å². The van der Waals surface area contributed by atoms with Crippen LogP contribution in [-0.4, -0.2) is 35.7 Å². The molecular formula is C15H24N4O3. The van der Waals surface area contributed by atoms with E-state index in [1.54, 1.807) is 44.0 Å². The van der Waals surface area contributed by atoms with Gasteiger partial charge in [-0.3, -0.25) is 4.79 Å². The molecule has 0 unspecified atom stereocenters. The van der Waals surface area contributed by atoms with Crippen LogP contribution in [0.5, 0.6) is 0 Å². The van der Waals surface area contributed by atoms with Crippen LogP contribution in [0.1, 0.15) is 34.1 Å². The van der Waals surface area contributed by atoms with Crippen LogP contribution in [0.2, 0.25) is 0 Å². The van der Waals surface area contributed by atoms with Gasteiger partial charge in [-0.25, -0.2) is 9.78 Å². The summed E-state index contributed by atoms with van der Waals surface area (Å²) in [6.07, 6.45) is 1.20. The highest BCUT2D eigenvalue weighted by molar-refractivity contribution is 5.93. The number of nitrogens with one attached hydrogen (secondary N) is 1. The first-order valence-corrected chi connectivity index (χ1v) is 7.21. The Hall–Kier alpha value is -2.31. The monoisotopic (exact) mass is 308 g/mol. The average Bonchev–Trinajstić information content (AvgIpc) is 2.39. The van der Waals surface area contributed by atoms with Gasteiger partial charge in [0.25, 0.3) is 0 Å². The summed E-state index contributed by atoms with van der Waals surface area (Å²) in [4.78, 5) is 29.3. The van der Waals surface area contributed by atoms with E-state index in [2.05, 4.69) is 10.3 Å². The zero-order valence-electron chi connectivity index (χ0n) is 13.5. The number of nitrogen functional groups attached to an aromatic ring is 1. The molecule has 7 heteroatoms. The van der Waals surface area contributed by atoms with Crippen LogP contribution in [0.15, 0.2) is 18.3 Å². The summed E-state index contributed by atoms with van der Waals surface area (Å²) < 4.78 is 5.11. The van der Waals surface area contributed by atoms with Crippen LogP contribution < -0.4 is 16.0 Å². The first-order valence-electron chi connectivity index (χ1n) is 7.21. The van der Waals surface area contributed by atoms with Crippen molar-refractivity contribution in [3.8, 4) is 0 Å². The number of pyridine rings is 1. The molecule has 3 N–H and O–H groups in total. The number of ether oxygens (including phenoxy) is 1. The van der Waals surface area contributed by atoms with Gasteiger partial charge < -0.3 is 20.7 Å². The highest BCUT2D eigenvalue weighted by atomic mass is 16.6. The number of alkyl carbamates (subject to hydrolysis) is 1. The highest BCUT2D eigenvalue weighted by Gasteiger charge is 2.17.